The third-order valence-corrected chi connectivity index (χ3v) is 1.93. The van der Waals surface area contributed by atoms with Crippen LogP contribution < -0.4 is 5.32 Å². The van der Waals surface area contributed by atoms with E-state index in [0.717, 1.165) is 6.92 Å². The van der Waals surface area contributed by atoms with E-state index in [2.05, 4.69) is 0 Å². The molecule has 0 bridgehead atoms. The number of halogens is 2. The second kappa shape index (κ2) is 4.21. The predicted molar refractivity (Wildman–Crippen MR) is 52.1 cm³/mol. The monoisotopic (exact) mass is 230 g/mol. The van der Waals surface area contributed by atoms with E-state index in [1.807, 2.05) is 5.32 Å². The van der Waals surface area contributed by atoms with Crippen LogP contribution in [0.4, 0.5) is 20.2 Å². The quantitative estimate of drug-likeness (QED) is 0.624. The van der Waals surface area contributed by atoms with Crippen molar-refractivity contribution in [1.29, 1.82) is 0 Å². The number of nitrogens with one attached hydrogen (secondary N) is 1. The Morgan fingerprint density at radius 2 is 2.00 bits per heavy atom. The number of benzene rings is 1. The Balaban J connectivity index is 3.51. The van der Waals surface area contributed by atoms with E-state index >= 15 is 0 Å². The summed E-state index contributed by atoms with van der Waals surface area (Å²) >= 11 is 0. The zero-order chi connectivity index (χ0) is 12.5. The first kappa shape index (κ1) is 12.0. The second-order valence-corrected chi connectivity index (χ2v) is 3.13. The van der Waals surface area contributed by atoms with E-state index in [1.165, 1.54) is 6.92 Å². The van der Waals surface area contributed by atoms with Crippen molar-refractivity contribution in [2.24, 2.45) is 0 Å². The molecule has 0 aliphatic heterocycles. The molecular weight excluding hydrogens is 222 g/mol. The van der Waals surface area contributed by atoms with Gasteiger partial charge in [-0.2, -0.15) is 4.39 Å². The van der Waals surface area contributed by atoms with E-state index in [4.69, 9.17) is 0 Å². The molecule has 0 fully saturated rings. The second-order valence-electron chi connectivity index (χ2n) is 3.13. The van der Waals surface area contributed by atoms with Gasteiger partial charge in [-0.25, -0.2) is 4.39 Å². The zero-order valence-electron chi connectivity index (χ0n) is 8.51. The highest BCUT2D eigenvalue weighted by molar-refractivity contribution is 5.92. The summed E-state index contributed by atoms with van der Waals surface area (Å²) in [4.78, 5) is 20.4. The van der Waals surface area contributed by atoms with E-state index in [9.17, 15) is 23.7 Å². The Hall–Kier alpha value is -2.05. The van der Waals surface area contributed by atoms with Gasteiger partial charge in [-0.3, -0.25) is 14.9 Å². The van der Waals surface area contributed by atoms with Crippen molar-refractivity contribution in [3.63, 3.8) is 0 Å². The third kappa shape index (κ3) is 2.13. The highest BCUT2D eigenvalue weighted by Crippen LogP contribution is 2.32. The predicted octanol–water partition coefficient (Wildman–Crippen LogP) is 2.14. The first-order valence-corrected chi connectivity index (χ1v) is 4.25. The van der Waals surface area contributed by atoms with Gasteiger partial charge in [0, 0.05) is 18.6 Å². The van der Waals surface area contributed by atoms with Gasteiger partial charge in [0.05, 0.1) is 4.92 Å². The van der Waals surface area contributed by atoms with Gasteiger partial charge in [0.25, 0.3) is 0 Å². The first-order valence-electron chi connectivity index (χ1n) is 4.25. The minimum absolute atomic E-state index is 0.177. The normalized spacial score (nSPS) is 10.0. The van der Waals surface area contributed by atoms with Crippen LogP contribution in [0.2, 0.25) is 0 Å². The Morgan fingerprint density at radius 1 is 1.44 bits per heavy atom. The maximum Gasteiger partial charge on any atom is 0.328 e. The lowest BCUT2D eigenvalue weighted by atomic mass is 10.1. The average molecular weight is 230 g/mol. The van der Waals surface area contributed by atoms with E-state index in [-0.39, 0.29) is 5.56 Å². The van der Waals surface area contributed by atoms with Crippen LogP contribution >= 0.6 is 0 Å². The van der Waals surface area contributed by atoms with Gasteiger partial charge in [-0.15, -0.1) is 0 Å². The van der Waals surface area contributed by atoms with Gasteiger partial charge >= 0.3 is 5.69 Å². The van der Waals surface area contributed by atoms with Crippen molar-refractivity contribution < 1.29 is 18.5 Å². The summed E-state index contributed by atoms with van der Waals surface area (Å²) in [5, 5.41) is 12.6. The molecule has 5 nitrogen and oxygen atoms in total. The number of hydrogen-bond acceptors (Lipinski definition) is 3. The molecule has 0 aliphatic carbocycles. The lowest BCUT2D eigenvalue weighted by Gasteiger charge is -2.08. The third-order valence-electron chi connectivity index (χ3n) is 1.93. The smallest absolute Gasteiger partial charge is 0.320 e. The molecule has 0 radical (unpaired) electrons. The standard InChI is InChI=1S/C9H8F2N2O3/c1-4-6(10)3-7(11)9(13(15)16)8(4)12-5(2)14/h3H,1-2H3,(H,12,14). The SMILES string of the molecule is CC(=O)Nc1c(C)c(F)cc(F)c1[N+](=O)[O-]. The van der Waals surface area contributed by atoms with Crippen LogP contribution in [0, 0.1) is 28.7 Å². The minimum atomic E-state index is -1.32. The molecule has 0 saturated heterocycles. The Kier molecular flexibility index (Phi) is 3.17. The van der Waals surface area contributed by atoms with Crippen LogP contribution in [-0.4, -0.2) is 10.8 Å². The topological polar surface area (TPSA) is 72.2 Å². The molecule has 16 heavy (non-hydrogen) atoms. The van der Waals surface area contributed by atoms with Crippen molar-refractivity contribution in [2.45, 2.75) is 13.8 Å². The van der Waals surface area contributed by atoms with Crippen LogP contribution in [-0.2, 0) is 4.79 Å². The van der Waals surface area contributed by atoms with Crippen molar-refractivity contribution >= 4 is 17.3 Å². The molecule has 1 rings (SSSR count). The number of nitro groups is 1. The molecule has 0 unspecified atom stereocenters. The number of hydrogen-bond donors (Lipinski definition) is 1. The number of nitro benzene ring substituents is 1. The minimum Gasteiger partial charge on any atom is -0.320 e. The molecule has 0 aliphatic rings. The summed E-state index contributed by atoms with van der Waals surface area (Å²) < 4.78 is 26.3. The molecule has 1 aromatic carbocycles. The fourth-order valence-corrected chi connectivity index (χ4v) is 1.21. The molecule has 86 valence electrons. The fourth-order valence-electron chi connectivity index (χ4n) is 1.21. The van der Waals surface area contributed by atoms with Gasteiger partial charge in [0.1, 0.15) is 11.5 Å². The number of rotatable bonds is 2. The van der Waals surface area contributed by atoms with Crippen molar-refractivity contribution in [2.75, 3.05) is 5.32 Å². The van der Waals surface area contributed by atoms with Crippen molar-refractivity contribution in [3.05, 3.63) is 33.4 Å². The number of amides is 1. The summed E-state index contributed by atoms with van der Waals surface area (Å²) in [7, 11) is 0. The summed E-state index contributed by atoms with van der Waals surface area (Å²) in [6, 6.07) is 0.415. The Morgan fingerprint density at radius 3 is 2.44 bits per heavy atom. The number of nitrogens with zero attached hydrogens (tertiary/aromatic N) is 1. The molecular formula is C9H8F2N2O3. The molecule has 0 spiro atoms. The van der Waals surface area contributed by atoms with Crippen LogP contribution in [0.3, 0.4) is 0 Å². The van der Waals surface area contributed by atoms with Gasteiger partial charge in [-0.1, -0.05) is 0 Å². The molecule has 0 heterocycles. The Labute approximate surface area is 89.2 Å². The van der Waals surface area contributed by atoms with Gasteiger partial charge < -0.3 is 5.32 Å². The highest BCUT2D eigenvalue weighted by atomic mass is 19.1. The van der Waals surface area contributed by atoms with E-state index in [0.29, 0.717) is 6.07 Å². The zero-order valence-corrected chi connectivity index (χ0v) is 8.51. The number of carbonyl (C=O) groups is 1. The maximum atomic E-state index is 13.2. The summed E-state index contributed by atoms with van der Waals surface area (Å²) in [5.41, 5.74) is -1.56. The van der Waals surface area contributed by atoms with Crippen molar-refractivity contribution in [1.82, 2.24) is 0 Å². The van der Waals surface area contributed by atoms with Crippen LogP contribution in [0.25, 0.3) is 0 Å². The maximum absolute atomic E-state index is 13.2. The molecule has 1 aromatic rings. The summed E-state index contributed by atoms with van der Waals surface area (Å²) in [6.45, 7) is 2.30. The van der Waals surface area contributed by atoms with Crippen LogP contribution in [0.1, 0.15) is 12.5 Å². The van der Waals surface area contributed by atoms with E-state index in [1.54, 1.807) is 0 Å². The molecule has 7 heteroatoms. The summed E-state index contributed by atoms with van der Waals surface area (Å²) in [5.74, 6) is -2.92. The fraction of sp³-hybridized carbons (Fsp3) is 0.222. The largest absolute Gasteiger partial charge is 0.328 e. The molecule has 0 atom stereocenters. The lowest BCUT2D eigenvalue weighted by molar-refractivity contribution is -0.386. The van der Waals surface area contributed by atoms with Crippen LogP contribution in [0.15, 0.2) is 6.07 Å². The highest BCUT2D eigenvalue weighted by Gasteiger charge is 2.25. The molecule has 0 saturated carbocycles. The summed E-state index contributed by atoms with van der Waals surface area (Å²) in [6.07, 6.45) is 0. The van der Waals surface area contributed by atoms with Crippen molar-refractivity contribution in [3.8, 4) is 0 Å². The lowest BCUT2D eigenvalue weighted by Crippen LogP contribution is -2.11. The number of carbonyl (C=O) groups excluding carboxylic acids is 1. The first-order chi connectivity index (χ1) is 7.34. The average Bonchev–Trinajstić information content (AvgIpc) is 2.12. The number of anilines is 1. The van der Waals surface area contributed by atoms with Gasteiger partial charge in [0.15, 0.2) is 0 Å². The van der Waals surface area contributed by atoms with E-state index < -0.39 is 33.8 Å². The van der Waals surface area contributed by atoms with Crippen LogP contribution in [0.5, 0.6) is 0 Å². The molecule has 1 N–H and O–H groups in total. The van der Waals surface area contributed by atoms with Gasteiger partial charge in [0.2, 0.25) is 11.7 Å². The molecule has 0 aromatic heterocycles. The van der Waals surface area contributed by atoms with Gasteiger partial charge in [-0.05, 0) is 6.92 Å². The Bertz CT molecular complexity index is 474. The molecule has 1 amide bonds.